The summed E-state index contributed by atoms with van der Waals surface area (Å²) in [5.41, 5.74) is 0.345. The fourth-order valence-electron chi connectivity index (χ4n) is 2.67. The molecule has 5 N–H and O–H groups in total. The van der Waals surface area contributed by atoms with Crippen LogP contribution in [0.5, 0.6) is 0 Å². The van der Waals surface area contributed by atoms with E-state index in [1.54, 1.807) is 0 Å². The van der Waals surface area contributed by atoms with Crippen LogP contribution in [0.4, 0.5) is 0 Å². The van der Waals surface area contributed by atoms with Crippen LogP contribution in [0.1, 0.15) is 28.9 Å². The lowest BCUT2D eigenvalue weighted by atomic mass is 9.96. The molecule has 2 aromatic rings. The van der Waals surface area contributed by atoms with E-state index in [2.05, 4.69) is 11.1 Å². The van der Waals surface area contributed by atoms with Gasteiger partial charge in [-0.05, 0) is 18.1 Å². The molecule has 0 bridgehead atoms. The van der Waals surface area contributed by atoms with Gasteiger partial charge in [0.05, 0.1) is 18.5 Å². The predicted molar refractivity (Wildman–Crippen MR) is 95.9 cm³/mol. The number of carbonyl (C=O) groups excluding carboxylic acids is 1. The summed E-state index contributed by atoms with van der Waals surface area (Å²) in [6, 6.07) is 8.10. The van der Waals surface area contributed by atoms with Crippen molar-refractivity contribution in [1.29, 1.82) is 0 Å². The fraction of sp³-hybridized carbons (Fsp3) is 0.294. The van der Waals surface area contributed by atoms with Crippen molar-refractivity contribution in [3.05, 3.63) is 35.5 Å². The van der Waals surface area contributed by atoms with E-state index in [-0.39, 0.29) is 5.12 Å². The molecule has 0 fully saturated rings. The van der Waals surface area contributed by atoms with E-state index < -0.39 is 36.4 Å². The molecular weight excluding hydrogens is 378 g/mol. The van der Waals surface area contributed by atoms with Gasteiger partial charge in [0.15, 0.2) is 5.60 Å². The highest BCUT2D eigenvalue weighted by Gasteiger charge is 2.40. The summed E-state index contributed by atoms with van der Waals surface area (Å²) in [5, 5.41) is 35.2. The summed E-state index contributed by atoms with van der Waals surface area (Å²) < 4.78 is 0. The lowest BCUT2D eigenvalue weighted by Crippen LogP contribution is -2.42. The number of nitrogens with one attached hydrogen (secondary N) is 1. The zero-order valence-corrected chi connectivity index (χ0v) is 14.8. The SMILES string of the molecule is O=C(O)CC(O)(CC(=O)O)C(=O)O.O=C1SCCc2c1[nH]c1ccccc21. The van der Waals surface area contributed by atoms with Gasteiger partial charge in [0, 0.05) is 16.7 Å². The number of carboxylic acid groups (broad SMARTS) is 3. The zero-order valence-electron chi connectivity index (χ0n) is 14.0. The number of hydrogen-bond acceptors (Lipinski definition) is 6. The standard InChI is InChI=1S/C11H9NOS.C6H8O7/c13-11-10-8(5-6-14-11)7-3-1-2-4-9(7)12-10;7-3(8)1-6(13,5(11)12)2-4(9)10/h1-4,12H,5-6H2;13H,1-2H2,(H,7,8)(H,9,10)(H,11,12). The number of benzene rings is 1. The summed E-state index contributed by atoms with van der Waals surface area (Å²) in [4.78, 5) is 45.3. The number of aliphatic carboxylic acids is 3. The Hall–Kier alpha value is -2.85. The van der Waals surface area contributed by atoms with Crippen LogP contribution in [0.15, 0.2) is 24.3 Å². The van der Waals surface area contributed by atoms with Gasteiger partial charge < -0.3 is 25.4 Å². The number of aromatic nitrogens is 1. The Morgan fingerprint density at radius 2 is 1.67 bits per heavy atom. The highest BCUT2D eigenvalue weighted by molar-refractivity contribution is 8.14. The van der Waals surface area contributed by atoms with Crippen LogP contribution in [0, 0.1) is 0 Å². The van der Waals surface area contributed by atoms with Gasteiger partial charge in [-0.1, -0.05) is 30.0 Å². The van der Waals surface area contributed by atoms with Crippen LogP contribution in [-0.2, 0) is 20.8 Å². The zero-order chi connectivity index (χ0) is 20.2. The molecule has 3 rings (SSSR count). The van der Waals surface area contributed by atoms with Crippen LogP contribution < -0.4 is 0 Å². The van der Waals surface area contributed by atoms with Gasteiger partial charge in [-0.3, -0.25) is 14.4 Å². The van der Waals surface area contributed by atoms with E-state index >= 15 is 0 Å². The number of para-hydroxylation sites is 1. The number of aromatic amines is 1. The second-order valence-electron chi connectivity index (χ2n) is 5.89. The third-order valence-electron chi connectivity index (χ3n) is 3.89. The molecule has 1 aliphatic rings. The van der Waals surface area contributed by atoms with Crippen LogP contribution in [0.2, 0.25) is 0 Å². The third-order valence-corrected chi connectivity index (χ3v) is 4.76. The van der Waals surface area contributed by atoms with E-state index in [1.807, 2.05) is 18.2 Å². The minimum atomic E-state index is -2.74. The maximum Gasteiger partial charge on any atom is 0.336 e. The summed E-state index contributed by atoms with van der Waals surface area (Å²) >= 11 is 1.41. The number of H-pyrrole nitrogens is 1. The van der Waals surface area contributed by atoms with Crippen molar-refractivity contribution in [3.8, 4) is 0 Å². The van der Waals surface area contributed by atoms with E-state index in [0.29, 0.717) is 0 Å². The predicted octanol–water partition coefficient (Wildman–Crippen LogP) is 1.35. The first-order valence-corrected chi connectivity index (χ1v) is 8.78. The number of aliphatic hydroxyl groups is 1. The lowest BCUT2D eigenvalue weighted by molar-refractivity contribution is -0.170. The van der Waals surface area contributed by atoms with Crippen molar-refractivity contribution >= 4 is 45.7 Å². The van der Waals surface area contributed by atoms with Crippen molar-refractivity contribution in [1.82, 2.24) is 4.98 Å². The Morgan fingerprint density at radius 1 is 1.07 bits per heavy atom. The molecule has 0 saturated heterocycles. The summed E-state index contributed by atoms with van der Waals surface area (Å²) in [6.45, 7) is 0. The van der Waals surface area contributed by atoms with Gasteiger partial charge in [-0.15, -0.1) is 0 Å². The van der Waals surface area contributed by atoms with E-state index in [9.17, 15) is 19.2 Å². The topological polar surface area (TPSA) is 165 Å². The van der Waals surface area contributed by atoms with Gasteiger partial charge in [-0.2, -0.15) is 0 Å². The van der Waals surface area contributed by atoms with Crippen molar-refractivity contribution in [2.24, 2.45) is 0 Å². The first-order valence-electron chi connectivity index (χ1n) is 7.80. The van der Waals surface area contributed by atoms with E-state index in [0.717, 1.165) is 23.4 Å². The first-order chi connectivity index (χ1) is 12.6. The monoisotopic (exact) mass is 395 g/mol. The smallest absolute Gasteiger partial charge is 0.336 e. The largest absolute Gasteiger partial charge is 0.481 e. The van der Waals surface area contributed by atoms with Crippen molar-refractivity contribution in [2.45, 2.75) is 24.9 Å². The molecule has 0 radical (unpaired) electrons. The summed E-state index contributed by atoms with van der Waals surface area (Å²) in [5.74, 6) is -4.11. The normalized spacial score (nSPS) is 13.4. The number of fused-ring (bicyclic) bond motifs is 3. The minimum absolute atomic E-state index is 0.183. The Labute approximate surface area is 157 Å². The molecule has 2 heterocycles. The molecule has 0 saturated carbocycles. The maximum atomic E-state index is 11.6. The van der Waals surface area contributed by atoms with Crippen molar-refractivity contribution < 1.29 is 39.6 Å². The fourth-order valence-corrected chi connectivity index (χ4v) is 3.48. The Bertz CT molecular complexity index is 887. The lowest BCUT2D eigenvalue weighted by Gasteiger charge is -2.18. The molecule has 0 atom stereocenters. The molecule has 1 aromatic carbocycles. The quantitative estimate of drug-likeness (QED) is 0.502. The number of hydrogen-bond donors (Lipinski definition) is 5. The second-order valence-corrected chi connectivity index (χ2v) is 6.96. The van der Waals surface area contributed by atoms with Gasteiger partial charge in [-0.25, -0.2) is 4.79 Å². The highest BCUT2D eigenvalue weighted by Crippen LogP contribution is 2.30. The van der Waals surface area contributed by atoms with Crippen LogP contribution in [0.25, 0.3) is 10.9 Å². The average Bonchev–Trinajstić information content (AvgIpc) is 2.94. The maximum absolute atomic E-state index is 11.6. The van der Waals surface area contributed by atoms with E-state index in [1.165, 1.54) is 22.7 Å². The molecule has 0 amide bonds. The number of carbonyl (C=O) groups is 4. The molecule has 0 unspecified atom stereocenters. The summed E-state index contributed by atoms with van der Waals surface area (Å²) in [6.07, 6.45) is -1.29. The number of aryl methyl sites for hydroxylation is 1. The number of carboxylic acids is 3. The van der Waals surface area contributed by atoms with Crippen molar-refractivity contribution in [3.63, 3.8) is 0 Å². The molecule has 9 nitrogen and oxygen atoms in total. The molecule has 27 heavy (non-hydrogen) atoms. The second kappa shape index (κ2) is 8.23. The highest BCUT2D eigenvalue weighted by atomic mass is 32.2. The molecule has 1 aromatic heterocycles. The molecule has 144 valence electrons. The van der Waals surface area contributed by atoms with Crippen molar-refractivity contribution in [2.75, 3.05) is 5.75 Å². The Morgan fingerprint density at radius 3 is 2.22 bits per heavy atom. The third kappa shape index (κ3) is 4.86. The number of rotatable bonds is 5. The Balaban J connectivity index is 0.000000195. The minimum Gasteiger partial charge on any atom is -0.481 e. The van der Waals surface area contributed by atoms with Crippen LogP contribution in [-0.4, -0.2) is 59.8 Å². The average molecular weight is 395 g/mol. The Kier molecular flexibility index (Phi) is 6.24. The van der Waals surface area contributed by atoms with Crippen LogP contribution in [0.3, 0.4) is 0 Å². The van der Waals surface area contributed by atoms with Gasteiger partial charge in [0.1, 0.15) is 0 Å². The van der Waals surface area contributed by atoms with Gasteiger partial charge in [0.2, 0.25) is 5.12 Å². The van der Waals surface area contributed by atoms with Crippen LogP contribution >= 0.6 is 11.8 Å². The summed E-state index contributed by atoms with van der Waals surface area (Å²) in [7, 11) is 0. The first kappa shape index (κ1) is 20.5. The van der Waals surface area contributed by atoms with E-state index in [4.69, 9.17) is 20.4 Å². The molecule has 10 heteroatoms. The molecule has 0 aliphatic carbocycles. The van der Waals surface area contributed by atoms with Gasteiger partial charge >= 0.3 is 17.9 Å². The molecular formula is C17H17NO8S. The molecule has 1 aliphatic heterocycles. The number of thioether (sulfide) groups is 1. The molecule has 0 spiro atoms. The van der Waals surface area contributed by atoms with Gasteiger partial charge in [0.25, 0.3) is 0 Å².